The Labute approximate surface area is 118 Å². The lowest BCUT2D eigenvalue weighted by atomic mass is 10.2. The lowest BCUT2D eigenvalue weighted by molar-refractivity contribution is 0.356. The molecule has 108 valence electrons. The first kappa shape index (κ1) is 14.3. The summed E-state index contributed by atoms with van der Waals surface area (Å²) in [5, 5.41) is 3.39. The van der Waals surface area contributed by atoms with Crippen molar-refractivity contribution in [1.82, 2.24) is 15.3 Å². The number of aromatic nitrogens is 2. The van der Waals surface area contributed by atoms with Crippen LogP contribution in [0.1, 0.15) is 18.2 Å². The molecule has 2 heterocycles. The highest BCUT2D eigenvalue weighted by Gasteiger charge is 2.14. The van der Waals surface area contributed by atoms with E-state index in [-0.39, 0.29) is 6.04 Å². The molecule has 0 saturated carbocycles. The summed E-state index contributed by atoms with van der Waals surface area (Å²) in [6, 6.07) is 4.10. The zero-order chi connectivity index (χ0) is 14.4. The molecule has 6 nitrogen and oxygen atoms in total. The minimum Gasteiger partial charge on any atom is -0.481 e. The van der Waals surface area contributed by atoms with Crippen LogP contribution in [0.25, 0.3) is 0 Å². The van der Waals surface area contributed by atoms with Gasteiger partial charge in [0.05, 0.1) is 26.0 Å². The predicted molar refractivity (Wildman–Crippen MR) is 73.8 cm³/mol. The summed E-state index contributed by atoms with van der Waals surface area (Å²) < 4.78 is 15.8. The number of rotatable bonds is 7. The molecule has 1 atom stereocenters. The fourth-order valence-corrected chi connectivity index (χ4v) is 1.96. The summed E-state index contributed by atoms with van der Waals surface area (Å²) in [6.45, 7) is 2.65. The molecule has 0 saturated heterocycles. The Morgan fingerprint density at radius 2 is 1.95 bits per heavy atom. The number of nitrogens with zero attached hydrogens (tertiary/aromatic N) is 2. The normalized spacial score (nSPS) is 12.2. The van der Waals surface area contributed by atoms with Crippen LogP contribution < -0.4 is 14.8 Å². The Hall–Kier alpha value is -2.08. The molecule has 20 heavy (non-hydrogen) atoms. The van der Waals surface area contributed by atoms with Crippen molar-refractivity contribution in [3.63, 3.8) is 0 Å². The molecule has 1 N–H and O–H groups in total. The number of ether oxygens (including phenoxy) is 2. The van der Waals surface area contributed by atoms with Gasteiger partial charge in [0, 0.05) is 19.0 Å². The van der Waals surface area contributed by atoms with Crippen LogP contribution in [-0.4, -0.2) is 30.2 Å². The van der Waals surface area contributed by atoms with Crippen molar-refractivity contribution >= 4 is 0 Å². The van der Waals surface area contributed by atoms with E-state index in [1.807, 2.05) is 12.1 Å². The Morgan fingerprint density at radius 1 is 1.25 bits per heavy atom. The fraction of sp³-hybridized carbons (Fsp3) is 0.429. The predicted octanol–water partition coefficient (Wildman–Crippen LogP) is 1.81. The van der Waals surface area contributed by atoms with Crippen molar-refractivity contribution in [1.29, 1.82) is 0 Å². The van der Waals surface area contributed by atoms with Crippen LogP contribution in [-0.2, 0) is 13.0 Å². The van der Waals surface area contributed by atoms with Gasteiger partial charge in [0.2, 0.25) is 11.8 Å². The van der Waals surface area contributed by atoms with Crippen molar-refractivity contribution in [3.8, 4) is 11.8 Å². The Balaban J connectivity index is 1.99. The van der Waals surface area contributed by atoms with Crippen molar-refractivity contribution in [2.24, 2.45) is 0 Å². The van der Waals surface area contributed by atoms with Crippen LogP contribution in [0.2, 0.25) is 0 Å². The van der Waals surface area contributed by atoms with Crippen LogP contribution in [0, 0.1) is 0 Å². The summed E-state index contributed by atoms with van der Waals surface area (Å²) >= 11 is 0. The molecular weight excluding hydrogens is 258 g/mol. The summed E-state index contributed by atoms with van der Waals surface area (Å²) in [5.41, 5.74) is 0.809. The third-order valence-corrected chi connectivity index (χ3v) is 2.97. The molecule has 0 radical (unpaired) electrons. The minimum atomic E-state index is 0.246. The zero-order valence-electron chi connectivity index (χ0n) is 11.9. The summed E-state index contributed by atoms with van der Waals surface area (Å²) in [5.74, 6) is 2.00. The molecule has 0 aliphatic rings. The second-order valence-electron chi connectivity index (χ2n) is 4.44. The largest absolute Gasteiger partial charge is 0.481 e. The van der Waals surface area contributed by atoms with Gasteiger partial charge in [0.25, 0.3) is 0 Å². The van der Waals surface area contributed by atoms with Crippen LogP contribution in [0.15, 0.2) is 29.1 Å². The van der Waals surface area contributed by atoms with Crippen LogP contribution in [0.5, 0.6) is 11.8 Å². The van der Waals surface area contributed by atoms with E-state index < -0.39 is 0 Å². The van der Waals surface area contributed by atoms with Gasteiger partial charge < -0.3 is 19.2 Å². The van der Waals surface area contributed by atoms with E-state index in [1.54, 1.807) is 20.5 Å². The number of methoxy groups -OCH3 is 2. The van der Waals surface area contributed by atoms with Crippen molar-refractivity contribution < 1.29 is 13.9 Å². The maximum absolute atomic E-state index is 5.33. The average molecular weight is 277 g/mol. The second-order valence-corrected chi connectivity index (χ2v) is 4.44. The highest BCUT2D eigenvalue weighted by atomic mass is 16.5. The molecular formula is C14H19N3O3. The SMILES string of the molecule is COc1ncnc(OC)c1CNC(C)Cc1ccco1. The quantitative estimate of drug-likeness (QED) is 0.832. The fourth-order valence-electron chi connectivity index (χ4n) is 1.96. The molecule has 0 amide bonds. The van der Waals surface area contributed by atoms with Gasteiger partial charge >= 0.3 is 0 Å². The molecule has 2 aromatic heterocycles. The van der Waals surface area contributed by atoms with Crippen molar-refractivity contribution in [2.45, 2.75) is 25.9 Å². The van der Waals surface area contributed by atoms with Gasteiger partial charge in [0.1, 0.15) is 12.1 Å². The number of furan rings is 1. The van der Waals surface area contributed by atoms with Crippen LogP contribution in [0.3, 0.4) is 0 Å². The topological polar surface area (TPSA) is 69.4 Å². The smallest absolute Gasteiger partial charge is 0.224 e. The van der Waals surface area contributed by atoms with E-state index >= 15 is 0 Å². The number of nitrogens with one attached hydrogen (secondary N) is 1. The molecule has 6 heteroatoms. The van der Waals surface area contributed by atoms with E-state index in [1.165, 1.54) is 6.33 Å². The van der Waals surface area contributed by atoms with Crippen molar-refractivity contribution in [3.05, 3.63) is 36.0 Å². The molecule has 0 aliphatic heterocycles. The van der Waals surface area contributed by atoms with Crippen LogP contribution in [0.4, 0.5) is 0 Å². The van der Waals surface area contributed by atoms with Crippen LogP contribution >= 0.6 is 0 Å². The molecule has 0 spiro atoms. The highest BCUT2D eigenvalue weighted by Crippen LogP contribution is 2.23. The van der Waals surface area contributed by atoms with Gasteiger partial charge in [0.15, 0.2) is 0 Å². The van der Waals surface area contributed by atoms with Gasteiger partial charge in [-0.15, -0.1) is 0 Å². The lowest BCUT2D eigenvalue weighted by Crippen LogP contribution is -2.28. The standard InChI is InChI=1S/C14H19N3O3/c1-10(7-11-5-4-6-20-11)15-8-12-13(18-2)16-9-17-14(12)19-3/h4-6,9-10,15H,7-8H2,1-3H3. The van der Waals surface area contributed by atoms with Gasteiger partial charge in [-0.25, -0.2) is 9.97 Å². The lowest BCUT2D eigenvalue weighted by Gasteiger charge is -2.15. The Kier molecular flexibility index (Phi) is 4.95. The maximum atomic E-state index is 5.33. The average Bonchev–Trinajstić information content (AvgIpc) is 2.97. The van der Waals surface area contributed by atoms with E-state index in [2.05, 4.69) is 22.2 Å². The molecule has 0 aromatic carbocycles. The summed E-state index contributed by atoms with van der Waals surface area (Å²) in [4.78, 5) is 8.18. The second kappa shape index (κ2) is 6.91. The third-order valence-electron chi connectivity index (χ3n) is 2.97. The zero-order valence-corrected chi connectivity index (χ0v) is 11.9. The number of hydrogen-bond donors (Lipinski definition) is 1. The Bertz CT molecular complexity index is 506. The minimum absolute atomic E-state index is 0.246. The summed E-state index contributed by atoms with van der Waals surface area (Å²) in [7, 11) is 3.16. The summed E-state index contributed by atoms with van der Waals surface area (Å²) in [6.07, 6.45) is 3.91. The maximum Gasteiger partial charge on any atom is 0.224 e. The first-order valence-corrected chi connectivity index (χ1v) is 6.42. The first-order valence-electron chi connectivity index (χ1n) is 6.42. The third kappa shape index (κ3) is 3.48. The van der Waals surface area contributed by atoms with Gasteiger partial charge in [-0.3, -0.25) is 0 Å². The van der Waals surface area contributed by atoms with Gasteiger partial charge in [-0.2, -0.15) is 0 Å². The number of hydrogen-bond acceptors (Lipinski definition) is 6. The monoisotopic (exact) mass is 277 g/mol. The Morgan fingerprint density at radius 3 is 2.50 bits per heavy atom. The van der Waals surface area contributed by atoms with E-state index in [4.69, 9.17) is 13.9 Å². The first-order chi connectivity index (χ1) is 9.74. The van der Waals surface area contributed by atoms with Crippen molar-refractivity contribution in [2.75, 3.05) is 14.2 Å². The van der Waals surface area contributed by atoms with E-state index in [0.29, 0.717) is 18.3 Å². The van der Waals surface area contributed by atoms with Gasteiger partial charge in [-0.1, -0.05) is 0 Å². The molecule has 2 aromatic rings. The van der Waals surface area contributed by atoms with Gasteiger partial charge in [-0.05, 0) is 19.1 Å². The van der Waals surface area contributed by atoms with E-state index in [9.17, 15) is 0 Å². The molecule has 0 aliphatic carbocycles. The molecule has 0 fully saturated rings. The molecule has 0 bridgehead atoms. The highest BCUT2D eigenvalue weighted by molar-refractivity contribution is 5.34. The molecule has 1 unspecified atom stereocenters. The van der Waals surface area contributed by atoms with E-state index in [0.717, 1.165) is 17.7 Å². The molecule has 2 rings (SSSR count).